The fourth-order valence-corrected chi connectivity index (χ4v) is 1.46. The zero-order valence-electron chi connectivity index (χ0n) is 9.04. The third-order valence-corrected chi connectivity index (χ3v) is 2.39. The third kappa shape index (κ3) is 3.05. The van der Waals surface area contributed by atoms with E-state index in [1.165, 1.54) is 6.07 Å². The largest absolute Gasteiger partial charge is 0.504 e. The van der Waals surface area contributed by atoms with Gasteiger partial charge in [-0.05, 0) is 24.5 Å². The molecule has 0 unspecified atom stereocenters. The summed E-state index contributed by atoms with van der Waals surface area (Å²) in [4.78, 5) is 9.82. The molecule has 1 aromatic carbocycles. The van der Waals surface area contributed by atoms with E-state index in [1.807, 2.05) is 0 Å². The summed E-state index contributed by atoms with van der Waals surface area (Å²) < 4.78 is 0. The molecule has 7 heteroatoms. The van der Waals surface area contributed by atoms with Gasteiger partial charge in [-0.2, -0.15) is 0 Å². The van der Waals surface area contributed by atoms with Crippen LogP contribution in [0.15, 0.2) is 12.1 Å². The maximum Gasteiger partial charge on any atom is 0.314 e. The van der Waals surface area contributed by atoms with E-state index >= 15 is 0 Å². The Labute approximate surface area is 97.3 Å². The Kier molecular flexibility index (Phi) is 4.24. The second-order valence-electron chi connectivity index (χ2n) is 3.64. The van der Waals surface area contributed by atoms with Crippen LogP contribution in [0.4, 0.5) is 5.69 Å². The van der Waals surface area contributed by atoms with Crippen molar-refractivity contribution in [3.63, 3.8) is 0 Å². The average Bonchev–Trinajstić information content (AvgIpc) is 2.28. The Hall–Kier alpha value is -1.86. The Morgan fingerprint density at radius 2 is 2.06 bits per heavy atom. The van der Waals surface area contributed by atoms with Crippen molar-refractivity contribution in [1.82, 2.24) is 0 Å². The highest BCUT2D eigenvalue weighted by atomic mass is 16.6. The SMILES string of the molecule is N[C@H](CCCO)c1cc(O)c(O)c([N+](=O)[O-])c1. The lowest BCUT2D eigenvalue weighted by Gasteiger charge is -2.12. The number of aliphatic hydroxyl groups excluding tert-OH is 1. The lowest BCUT2D eigenvalue weighted by Crippen LogP contribution is -2.11. The standard InChI is InChI=1S/C10H14N2O5/c11-7(2-1-3-13)6-4-8(12(16)17)10(15)9(14)5-6/h4-5,7,13-15H,1-3,11H2/t7-/m1/s1. The molecule has 0 aliphatic rings. The van der Waals surface area contributed by atoms with Gasteiger partial charge < -0.3 is 21.1 Å². The van der Waals surface area contributed by atoms with Crippen LogP contribution in [0, 0.1) is 10.1 Å². The molecule has 0 aromatic heterocycles. The fraction of sp³-hybridized carbons (Fsp3) is 0.400. The molecule has 94 valence electrons. The monoisotopic (exact) mass is 242 g/mol. The van der Waals surface area contributed by atoms with Gasteiger partial charge in [0.15, 0.2) is 5.75 Å². The summed E-state index contributed by atoms with van der Waals surface area (Å²) in [6.45, 7) is -0.0279. The number of nitrogens with zero attached hydrogens (tertiary/aromatic N) is 1. The second-order valence-corrected chi connectivity index (χ2v) is 3.64. The average molecular weight is 242 g/mol. The number of aromatic hydroxyl groups is 2. The van der Waals surface area contributed by atoms with Gasteiger partial charge in [-0.3, -0.25) is 10.1 Å². The number of nitrogens with two attached hydrogens (primary N) is 1. The van der Waals surface area contributed by atoms with Gasteiger partial charge >= 0.3 is 5.69 Å². The number of hydrogen-bond donors (Lipinski definition) is 4. The van der Waals surface area contributed by atoms with Gasteiger partial charge in [0, 0.05) is 18.7 Å². The van der Waals surface area contributed by atoms with E-state index in [0.29, 0.717) is 18.4 Å². The van der Waals surface area contributed by atoms with Crippen LogP contribution in [0.2, 0.25) is 0 Å². The van der Waals surface area contributed by atoms with E-state index in [9.17, 15) is 20.3 Å². The first-order valence-corrected chi connectivity index (χ1v) is 5.04. The fourth-order valence-electron chi connectivity index (χ4n) is 1.46. The Morgan fingerprint density at radius 1 is 1.41 bits per heavy atom. The molecule has 1 aromatic rings. The van der Waals surface area contributed by atoms with E-state index in [1.54, 1.807) is 0 Å². The van der Waals surface area contributed by atoms with Crippen molar-refractivity contribution in [3.05, 3.63) is 27.8 Å². The molecule has 1 rings (SSSR count). The molecule has 0 heterocycles. The molecule has 0 amide bonds. The summed E-state index contributed by atoms with van der Waals surface area (Å²) in [5, 5.41) is 37.9. The van der Waals surface area contributed by atoms with Gasteiger partial charge in [0.05, 0.1) is 4.92 Å². The van der Waals surface area contributed by atoms with Gasteiger partial charge in [0.25, 0.3) is 0 Å². The first-order valence-electron chi connectivity index (χ1n) is 5.04. The Morgan fingerprint density at radius 3 is 2.59 bits per heavy atom. The zero-order chi connectivity index (χ0) is 13.0. The summed E-state index contributed by atoms with van der Waals surface area (Å²) in [5.41, 5.74) is 5.51. The third-order valence-electron chi connectivity index (χ3n) is 2.39. The van der Waals surface area contributed by atoms with Crippen molar-refractivity contribution in [1.29, 1.82) is 0 Å². The second kappa shape index (κ2) is 5.46. The number of benzene rings is 1. The molecule has 0 bridgehead atoms. The lowest BCUT2D eigenvalue weighted by molar-refractivity contribution is -0.386. The van der Waals surface area contributed by atoms with Gasteiger partial charge in [-0.25, -0.2) is 0 Å². The van der Waals surface area contributed by atoms with Gasteiger partial charge in [0.1, 0.15) is 0 Å². The normalized spacial score (nSPS) is 12.4. The molecular weight excluding hydrogens is 228 g/mol. The number of nitro benzene ring substituents is 1. The highest BCUT2D eigenvalue weighted by molar-refractivity contribution is 5.56. The minimum absolute atomic E-state index is 0.0279. The zero-order valence-corrected chi connectivity index (χ0v) is 9.04. The van der Waals surface area contributed by atoms with E-state index in [0.717, 1.165) is 6.07 Å². The smallest absolute Gasteiger partial charge is 0.314 e. The van der Waals surface area contributed by atoms with Crippen LogP contribution >= 0.6 is 0 Å². The number of phenols is 2. The minimum atomic E-state index is -0.794. The van der Waals surface area contributed by atoms with Crippen LogP contribution < -0.4 is 5.73 Å². The summed E-state index contributed by atoms with van der Waals surface area (Å²) in [6, 6.07) is 1.77. The summed E-state index contributed by atoms with van der Waals surface area (Å²) in [7, 11) is 0. The predicted molar refractivity (Wildman–Crippen MR) is 59.7 cm³/mol. The molecule has 0 saturated carbocycles. The molecule has 5 N–H and O–H groups in total. The predicted octanol–water partition coefficient (Wildman–Crippen LogP) is 0.778. The minimum Gasteiger partial charge on any atom is -0.504 e. The summed E-state index contributed by atoms with van der Waals surface area (Å²) in [5.74, 6) is -1.35. The van der Waals surface area contributed by atoms with Crippen molar-refractivity contribution in [2.24, 2.45) is 5.73 Å². The molecule has 7 nitrogen and oxygen atoms in total. The molecular formula is C10H14N2O5. The van der Waals surface area contributed by atoms with Gasteiger partial charge in [-0.15, -0.1) is 0 Å². The van der Waals surface area contributed by atoms with Crippen LogP contribution in [0.1, 0.15) is 24.4 Å². The summed E-state index contributed by atoms with van der Waals surface area (Å²) in [6.07, 6.45) is 0.883. The molecule has 17 heavy (non-hydrogen) atoms. The topological polar surface area (TPSA) is 130 Å². The Bertz CT molecular complexity index is 421. The van der Waals surface area contributed by atoms with Gasteiger partial charge in [0.2, 0.25) is 5.75 Å². The van der Waals surface area contributed by atoms with E-state index < -0.39 is 28.2 Å². The molecule has 0 fully saturated rings. The number of hydrogen-bond acceptors (Lipinski definition) is 6. The number of phenolic OH excluding ortho intramolecular Hbond substituents is 2. The molecule has 0 saturated heterocycles. The highest BCUT2D eigenvalue weighted by Crippen LogP contribution is 2.37. The van der Waals surface area contributed by atoms with E-state index in [4.69, 9.17) is 10.8 Å². The quantitative estimate of drug-likeness (QED) is 0.343. The number of nitro groups is 1. The first kappa shape index (κ1) is 13.2. The van der Waals surface area contributed by atoms with E-state index in [2.05, 4.69) is 0 Å². The van der Waals surface area contributed by atoms with Crippen LogP contribution in [-0.4, -0.2) is 26.8 Å². The van der Waals surface area contributed by atoms with Crippen molar-refractivity contribution in [2.45, 2.75) is 18.9 Å². The number of aliphatic hydroxyl groups is 1. The van der Waals surface area contributed by atoms with Crippen molar-refractivity contribution in [3.8, 4) is 11.5 Å². The molecule has 0 aliphatic heterocycles. The van der Waals surface area contributed by atoms with Crippen molar-refractivity contribution < 1.29 is 20.2 Å². The van der Waals surface area contributed by atoms with Crippen LogP contribution in [0.3, 0.4) is 0 Å². The molecule has 1 atom stereocenters. The van der Waals surface area contributed by atoms with Crippen molar-refractivity contribution >= 4 is 5.69 Å². The molecule has 0 radical (unpaired) electrons. The lowest BCUT2D eigenvalue weighted by atomic mass is 10.0. The van der Waals surface area contributed by atoms with Gasteiger partial charge in [-0.1, -0.05) is 0 Å². The van der Waals surface area contributed by atoms with Crippen LogP contribution in [0.5, 0.6) is 11.5 Å². The van der Waals surface area contributed by atoms with Crippen LogP contribution in [-0.2, 0) is 0 Å². The first-order chi connectivity index (χ1) is 7.97. The molecule has 0 aliphatic carbocycles. The van der Waals surface area contributed by atoms with Crippen LogP contribution in [0.25, 0.3) is 0 Å². The van der Waals surface area contributed by atoms with E-state index in [-0.39, 0.29) is 6.61 Å². The highest BCUT2D eigenvalue weighted by Gasteiger charge is 2.20. The maximum atomic E-state index is 10.6. The Balaban J connectivity index is 3.05. The maximum absolute atomic E-state index is 10.6. The van der Waals surface area contributed by atoms with Crippen molar-refractivity contribution in [2.75, 3.05) is 6.61 Å². The summed E-state index contributed by atoms with van der Waals surface area (Å²) >= 11 is 0. The molecule has 0 spiro atoms. The number of rotatable bonds is 5.